The standard InChI is InChI=1S/C25H22FN3O3S/c1-17-22(16-27-20-7-6-8-21(15-20)33(31,32)28(2)3)23-9-4-5-14-29(23)24(17)25(30)18-10-12-19(26)13-11-18/h4-16H,1-3H3. The largest absolute Gasteiger partial charge is 0.313 e. The van der Waals surface area contributed by atoms with Gasteiger partial charge < -0.3 is 4.40 Å². The van der Waals surface area contributed by atoms with Crippen molar-refractivity contribution in [3.8, 4) is 0 Å². The first-order chi connectivity index (χ1) is 15.7. The molecule has 0 unspecified atom stereocenters. The van der Waals surface area contributed by atoms with E-state index in [0.29, 0.717) is 16.9 Å². The first-order valence-corrected chi connectivity index (χ1v) is 11.6. The zero-order valence-electron chi connectivity index (χ0n) is 18.4. The molecule has 0 spiro atoms. The van der Waals surface area contributed by atoms with Crippen LogP contribution in [0, 0.1) is 12.7 Å². The molecule has 0 radical (unpaired) electrons. The third kappa shape index (κ3) is 4.22. The van der Waals surface area contributed by atoms with Gasteiger partial charge in [0.25, 0.3) is 0 Å². The number of carbonyl (C=O) groups excluding carboxylic acids is 1. The molecule has 2 heterocycles. The van der Waals surface area contributed by atoms with Gasteiger partial charge in [-0.1, -0.05) is 12.1 Å². The number of pyridine rings is 1. The molecule has 0 fully saturated rings. The minimum atomic E-state index is -3.58. The molecule has 2 aromatic heterocycles. The van der Waals surface area contributed by atoms with E-state index < -0.39 is 15.8 Å². The topological polar surface area (TPSA) is 71.2 Å². The van der Waals surface area contributed by atoms with Crippen LogP contribution in [0.1, 0.15) is 27.2 Å². The average molecular weight is 464 g/mol. The lowest BCUT2D eigenvalue weighted by atomic mass is 10.0. The molecule has 0 bridgehead atoms. The van der Waals surface area contributed by atoms with E-state index in [-0.39, 0.29) is 10.7 Å². The molecule has 33 heavy (non-hydrogen) atoms. The molecule has 0 aliphatic rings. The molecule has 8 heteroatoms. The number of sulfonamides is 1. The molecular weight excluding hydrogens is 441 g/mol. The van der Waals surface area contributed by atoms with Gasteiger partial charge in [0.05, 0.1) is 21.8 Å². The number of hydrogen-bond acceptors (Lipinski definition) is 4. The molecule has 0 amide bonds. The summed E-state index contributed by atoms with van der Waals surface area (Å²) in [4.78, 5) is 17.9. The maximum atomic E-state index is 13.3. The number of halogens is 1. The Kier molecular flexibility index (Phi) is 5.97. The second kappa shape index (κ2) is 8.73. The van der Waals surface area contributed by atoms with Gasteiger partial charge in [0, 0.05) is 37.6 Å². The normalized spacial score (nSPS) is 12.2. The van der Waals surface area contributed by atoms with Gasteiger partial charge in [-0.05, 0) is 67.1 Å². The van der Waals surface area contributed by atoms with Gasteiger partial charge in [-0.3, -0.25) is 9.79 Å². The maximum absolute atomic E-state index is 13.3. The van der Waals surface area contributed by atoms with Crippen LogP contribution in [0.25, 0.3) is 5.52 Å². The van der Waals surface area contributed by atoms with Gasteiger partial charge in [0.1, 0.15) is 5.82 Å². The first kappa shape index (κ1) is 22.6. The van der Waals surface area contributed by atoms with Gasteiger partial charge in [0.2, 0.25) is 15.8 Å². The number of hydrogen-bond donors (Lipinski definition) is 0. The molecular formula is C25H22FN3O3S. The molecule has 0 atom stereocenters. The maximum Gasteiger partial charge on any atom is 0.242 e. The second-order valence-corrected chi connectivity index (χ2v) is 9.87. The molecule has 0 aliphatic carbocycles. The number of nitrogens with zero attached hydrogens (tertiary/aromatic N) is 3. The Balaban J connectivity index is 1.79. The van der Waals surface area contributed by atoms with Crippen LogP contribution in [0.2, 0.25) is 0 Å². The SMILES string of the molecule is Cc1c(C=Nc2cccc(S(=O)(=O)N(C)C)c2)c2ccccn2c1C(=O)c1ccc(F)cc1. The number of rotatable bonds is 6. The summed E-state index contributed by atoms with van der Waals surface area (Å²) in [6.07, 6.45) is 3.42. The summed E-state index contributed by atoms with van der Waals surface area (Å²) >= 11 is 0. The lowest BCUT2D eigenvalue weighted by Gasteiger charge is -2.11. The van der Waals surface area contributed by atoms with Gasteiger partial charge in [0.15, 0.2) is 0 Å². The van der Waals surface area contributed by atoms with E-state index in [4.69, 9.17) is 0 Å². The molecule has 0 saturated heterocycles. The van der Waals surface area contributed by atoms with Crippen molar-refractivity contribution in [3.63, 3.8) is 0 Å². The van der Waals surface area contributed by atoms with Crippen LogP contribution >= 0.6 is 0 Å². The van der Waals surface area contributed by atoms with Crippen molar-refractivity contribution in [3.05, 3.63) is 101 Å². The third-order valence-corrected chi connectivity index (χ3v) is 7.21. The van der Waals surface area contributed by atoms with E-state index in [9.17, 15) is 17.6 Å². The Morgan fingerprint density at radius 2 is 1.76 bits per heavy atom. The van der Waals surface area contributed by atoms with Gasteiger partial charge in [-0.25, -0.2) is 17.1 Å². The van der Waals surface area contributed by atoms with Crippen molar-refractivity contribution in [1.82, 2.24) is 8.71 Å². The van der Waals surface area contributed by atoms with Crippen LogP contribution in [0.5, 0.6) is 0 Å². The molecule has 4 aromatic rings. The zero-order chi connectivity index (χ0) is 23.8. The number of fused-ring (bicyclic) bond motifs is 1. The van der Waals surface area contributed by atoms with Gasteiger partial charge in [-0.15, -0.1) is 0 Å². The monoisotopic (exact) mass is 463 g/mol. The number of aliphatic imine (C=N–C) groups is 1. The van der Waals surface area contributed by atoms with Gasteiger partial charge >= 0.3 is 0 Å². The predicted octanol–water partition coefficient (Wildman–Crippen LogP) is 4.62. The molecule has 4 rings (SSSR count). The summed E-state index contributed by atoms with van der Waals surface area (Å²) in [5, 5.41) is 0. The van der Waals surface area contributed by atoms with Gasteiger partial charge in [-0.2, -0.15) is 0 Å². The molecule has 168 valence electrons. The van der Waals surface area contributed by atoms with Crippen molar-refractivity contribution in [2.24, 2.45) is 4.99 Å². The lowest BCUT2D eigenvalue weighted by Crippen LogP contribution is -2.22. The average Bonchev–Trinajstić information content (AvgIpc) is 3.09. The Morgan fingerprint density at radius 1 is 1.03 bits per heavy atom. The zero-order valence-corrected chi connectivity index (χ0v) is 19.2. The Bertz CT molecular complexity index is 1490. The fraction of sp³-hybridized carbons (Fsp3) is 0.120. The molecule has 0 aliphatic heterocycles. The van der Waals surface area contributed by atoms with Crippen LogP contribution in [0.4, 0.5) is 10.1 Å². The van der Waals surface area contributed by atoms with E-state index in [0.717, 1.165) is 20.9 Å². The fourth-order valence-corrected chi connectivity index (χ4v) is 4.55. The van der Waals surface area contributed by atoms with E-state index in [1.165, 1.54) is 50.5 Å². The van der Waals surface area contributed by atoms with Crippen LogP contribution in [-0.4, -0.2) is 43.2 Å². The van der Waals surface area contributed by atoms with Crippen LogP contribution in [0.15, 0.2) is 82.8 Å². The Hall–Kier alpha value is -3.62. The number of ketones is 1. The van der Waals surface area contributed by atoms with Crippen molar-refractivity contribution in [1.29, 1.82) is 0 Å². The summed E-state index contributed by atoms with van der Waals surface area (Å²) in [7, 11) is -0.634. The van der Waals surface area contributed by atoms with Crippen LogP contribution in [0.3, 0.4) is 0 Å². The minimum absolute atomic E-state index is 0.146. The van der Waals surface area contributed by atoms with Crippen molar-refractivity contribution < 1.29 is 17.6 Å². The number of aromatic nitrogens is 1. The van der Waals surface area contributed by atoms with E-state index in [2.05, 4.69) is 4.99 Å². The summed E-state index contributed by atoms with van der Waals surface area (Å²) in [6, 6.07) is 17.4. The fourth-order valence-electron chi connectivity index (χ4n) is 3.61. The summed E-state index contributed by atoms with van der Waals surface area (Å²) in [6.45, 7) is 1.83. The third-order valence-electron chi connectivity index (χ3n) is 5.40. The van der Waals surface area contributed by atoms with Crippen molar-refractivity contribution in [2.75, 3.05) is 14.1 Å². The lowest BCUT2D eigenvalue weighted by molar-refractivity contribution is 0.103. The van der Waals surface area contributed by atoms with E-state index in [1.807, 2.05) is 25.1 Å². The molecule has 0 N–H and O–H groups in total. The number of benzene rings is 2. The summed E-state index contributed by atoms with van der Waals surface area (Å²) < 4.78 is 41.1. The smallest absolute Gasteiger partial charge is 0.242 e. The summed E-state index contributed by atoms with van der Waals surface area (Å²) in [5.41, 5.74) is 3.55. The first-order valence-electron chi connectivity index (χ1n) is 10.2. The van der Waals surface area contributed by atoms with Crippen LogP contribution < -0.4 is 0 Å². The quantitative estimate of drug-likeness (QED) is 0.309. The Labute approximate surface area is 191 Å². The molecule has 6 nitrogen and oxygen atoms in total. The minimum Gasteiger partial charge on any atom is -0.313 e. The predicted molar refractivity (Wildman–Crippen MR) is 127 cm³/mol. The second-order valence-electron chi connectivity index (χ2n) is 7.72. The molecule has 2 aromatic carbocycles. The van der Waals surface area contributed by atoms with Crippen molar-refractivity contribution >= 4 is 33.2 Å². The van der Waals surface area contributed by atoms with Crippen molar-refractivity contribution in [2.45, 2.75) is 11.8 Å². The highest BCUT2D eigenvalue weighted by Gasteiger charge is 2.21. The highest BCUT2D eigenvalue weighted by molar-refractivity contribution is 7.89. The van der Waals surface area contributed by atoms with E-state index in [1.54, 1.807) is 28.9 Å². The summed E-state index contributed by atoms with van der Waals surface area (Å²) in [5.74, 6) is -0.637. The Morgan fingerprint density at radius 3 is 2.45 bits per heavy atom. The molecule has 0 saturated carbocycles. The number of carbonyl (C=O) groups is 1. The highest BCUT2D eigenvalue weighted by Crippen LogP contribution is 2.26. The van der Waals surface area contributed by atoms with Crippen LogP contribution in [-0.2, 0) is 10.0 Å². The highest BCUT2D eigenvalue weighted by atomic mass is 32.2. The van der Waals surface area contributed by atoms with E-state index >= 15 is 0 Å².